The Balaban J connectivity index is 1.65. The number of carbonyl (C=O) groups is 1. The van der Waals surface area contributed by atoms with Crippen LogP contribution >= 0.6 is 11.3 Å². The highest BCUT2D eigenvalue weighted by atomic mass is 32.1. The van der Waals surface area contributed by atoms with Crippen molar-refractivity contribution in [1.29, 1.82) is 0 Å². The predicted octanol–water partition coefficient (Wildman–Crippen LogP) is 3.04. The summed E-state index contributed by atoms with van der Waals surface area (Å²) in [7, 11) is 1.83. The summed E-state index contributed by atoms with van der Waals surface area (Å²) in [4.78, 5) is 17.1. The molecule has 24 heavy (non-hydrogen) atoms. The number of thiazole rings is 1. The molecule has 0 spiro atoms. The molecule has 0 saturated carbocycles. The second-order valence-corrected chi connectivity index (χ2v) is 6.63. The number of nitrogens with zero attached hydrogens (tertiary/aromatic N) is 3. The molecular weight excluding hydrogens is 327 g/mol. The number of hydrogen-bond donors (Lipinski definition) is 1. The number of aromatic nitrogens is 3. The number of carbonyl (C=O) groups excluding carboxylic acids is 1. The van der Waals surface area contributed by atoms with E-state index < -0.39 is 0 Å². The van der Waals surface area contributed by atoms with Crippen molar-refractivity contribution >= 4 is 17.2 Å². The molecule has 0 fully saturated rings. The smallest absolute Gasteiger partial charge is 0.263 e. The van der Waals surface area contributed by atoms with Gasteiger partial charge in [-0.3, -0.25) is 9.48 Å². The number of nitrogens with one attached hydrogen (secondary N) is 1. The third-order valence-corrected chi connectivity index (χ3v) is 4.59. The van der Waals surface area contributed by atoms with E-state index in [4.69, 9.17) is 0 Å². The Kier molecular flexibility index (Phi) is 4.71. The van der Waals surface area contributed by atoms with Gasteiger partial charge in [0.2, 0.25) is 0 Å². The average molecular weight is 344 g/mol. The molecule has 1 N–H and O–H groups in total. The quantitative estimate of drug-likeness (QED) is 0.774. The van der Waals surface area contributed by atoms with E-state index >= 15 is 0 Å². The highest BCUT2D eigenvalue weighted by Crippen LogP contribution is 2.24. The van der Waals surface area contributed by atoms with Crippen LogP contribution < -0.4 is 5.32 Å². The maximum atomic E-state index is 13.7. The Bertz CT molecular complexity index is 858. The van der Waals surface area contributed by atoms with Crippen LogP contribution in [0, 0.1) is 5.82 Å². The lowest BCUT2D eigenvalue weighted by Gasteiger charge is -2.13. The van der Waals surface area contributed by atoms with Crippen LogP contribution in [0.15, 0.2) is 42.9 Å². The molecule has 7 heteroatoms. The summed E-state index contributed by atoms with van der Waals surface area (Å²) in [5.41, 5.74) is 1.46. The zero-order chi connectivity index (χ0) is 17.1. The molecule has 0 aliphatic rings. The van der Waals surface area contributed by atoms with Crippen molar-refractivity contribution in [1.82, 2.24) is 20.1 Å². The van der Waals surface area contributed by atoms with Gasteiger partial charge in [-0.1, -0.05) is 18.2 Å². The van der Waals surface area contributed by atoms with Crippen LogP contribution in [0.3, 0.4) is 0 Å². The molecule has 5 nitrogen and oxygen atoms in total. The van der Waals surface area contributed by atoms with Crippen LogP contribution in [-0.2, 0) is 13.5 Å². The zero-order valence-electron chi connectivity index (χ0n) is 13.4. The second kappa shape index (κ2) is 6.92. The first-order valence-electron chi connectivity index (χ1n) is 7.52. The van der Waals surface area contributed by atoms with Crippen LogP contribution in [0.4, 0.5) is 4.39 Å². The lowest BCUT2D eigenvalue weighted by atomic mass is 10.1. The summed E-state index contributed by atoms with van der Waals surface area (Å²) in [6.45, 7) is 1.85. The standard InChI is InChI=1S/C17H17FN4OS/c1-11(7-12-5-3-4-6-14(12)18)21-16(23)15-9-19-17(24-15)13-8-20-22(2)10-13/h3-6,8-11H,7H2,1-2H3,(H,21,23). The third-order valence-electron chi connectivity index (χ3n) is 3.54. The molecule has 0 bridgehead atoms. The molecule has 3 aromatic rings. The molecule has 0 aliphatic carbocycles. The molecule has 3 rings (SSSR count). The predicted molar refractivity (Wildman–Crippen MR) is 91.3 cm³/mol. The molecule has 1 unspecified atom stereocenters. The Labute approximate surface area is 143 Å². The summed E-state index contributed by atoms with van der Waals surface area (Å²) in [5, 5.41) is 7.73. The van der Waals surface area contributed by atoms with E-state index in [9.17, 15) is 9.18 Å². The molecule has 124 valence electrons. The van der Waals surface area contributed by atoms with Crippen molar-refractivity contribution in [2.75, 3.05) is 0 Å². The first kappa shape index (κ1) is 16.3. The SMILES string of the molecule is CC(Cc1ccccc1F)NC(=O)c1cnc(-c2cnn(C)c2)s1. The lowest BCUT2D eigenvalue weighted by molar-refractivity contribution is 0.0944. The lowest BCUT2D eigenvalue weighted by Crippen LogP contribution is -2.33. The molecule has 0 saturated heterocycles. The number of halogens is 1. The van der Waals surface area contributed by atoms with Crippen LogP contribution in [0.5, 0.6) is 0 Å². The van der Waals surface area contributed by atoms with Gasteiger partial charge in [-0.15, -0.1) is 11.3 Å². The van der Waals surface area contributed by atoms with Gasteiger partial charge in [0.25, 0.3) is 5.91 Å². The minimum absolute atomic E-state index is 0.182. The Morgan fingerprint density at radius 1 is 1.38 bits per heavy atom. The van der Waals surface area contributed by atoms with Crippen LogP contribution in [0.1, 0.15) is 22.2 Å². The fraction of sp³-hybridized carbons (Fsp3) is 0.235. The minimum atomic E-state index is -0.254. The topological polar surface area (TPSA) is 59.8 Å². The number of amides is 1. The van der Waals surface area contributed by atoms with Gasteiger partial charge >= 0.3 is 0 Å². The second-order valence-electron chi connectivity index (χ2n) is 5.60. The number of aryl methyl sites for hydroxylation is 1. The van der Waals surface area contributed by atoms with Crippen molar-refractivity contribution < 1.29 is 9.18 Å². The van der Waals surface area contributed by atoms with Gasteiger partial charge < -0.3 is 5.32 Å². The molecular formula is C17H17FN4OS. The van der Waals surface area contributed by atoms with Gasteiger partial charge in [-0.05, 0) is 25.0 Å². The van der Waals surface area contributed by atoms with Crippen molar-refractivity contribution in [2.45, 2.75) is 19.4 Å². The van der Waals surface area contributed by atoms with Gasteiger partial charge in [0.05, 0.1) is 12.4 Å². The normalized spacial score (nSPS) is 12.1. The fourth-order valence-electron chi connectivity index (χ4n) is 2.38. The summed E-state index contributed by atoms with van der Waals surface area (Å²) in [5.74, 6) is -0.457. The summed E-state index contributed by atoms with van der Waals surface area (Å²) in [6, 6.07) is 6.41. The highest BCUT2D eigenvalue weighted by molar-refractivity contribution is 7.16. The Hall–Kier alpha value is -2.54. The molecule has 1 amide bonds. The van der Waals surface area contributed by atoms with Crippen LogP contribution in [0.2, 0.25) is 0 Å². The molecule has 0 aliphatic heterocycles. The number of benzene rings is 1. The first-order chi connectivity index (χ1) is 11.5. The summed E-state index contributed by atoms with van der Waals surface area (Å²) in [6.07, 6.45) is 5.55. The van der Waals surface area contributed by atoms with Gasteiger partial charge in [0, 0.05) is 24.8 Å². The minimum Gasteiger partial charge on any atom is -0.349 e. The van der Waals surface area contributed by atoms with Gasteiger partial charge in [-0.2, -0.15) is 5.10 Å². The average Bonchev–Trinajstić information content (AvgIpc) is 3.18. The van der Waals surface area contributed by atoms with Gasteiger partial charge in [0.1, 0.15) is 15.7 Å². The zero-order valence-corrected chi connectivity index (χ0v) is 14.2. The van der Waals surface area contributed by atoms with Gasteiger partial charge in [0.15, 0.2) is 0 Å². The van der Waals surface area contributed by atoms with E-state index in [0.717, 1.165) is 10.6 Å². The monoisotopic (exact) mass is 344 g/mol. The first-order valence-corrected chi connectivity index (χ1v) is 8.33. The molecule has 1 aromatic carbocycles. The van der Waals surface area contributed by atoms with Crippen molar-refractivity contribution in [3.8, 4) is 10.6 Å². The molecule has 0 radical (unpaired) electrons. The fourth-order valence-corrected chi connectivity index (χ4v) is 3.18. The summed E-state index contributed by atoms with van der Waals surface area (Å²) >= 11 is 1.31. The van der Waals surface area contributed by atoms with E-state index in [2.05, 4.69) is 15.4 Å². The van der Waals surface area contributed by atoms with E-state index in [1.54, 1.807) is 35.3 Å². The number of hydrogen-bond acceptors (Lipinski definition) is 4. The Morgan fingerprint density at radius 3 is 2.88 bits per heavy atom. The van der Waals surface area contributed by atoms with E-state index in [1.807, 2.05) is 20.2 Å². The van der Waals surface area contributed by atoms with Crippen molar-refractivity contribution in [3.05, 3.63) is 59.1 Å². The number of rotatable bonds is 5. The molecule has 2 aromatic heterocycles. The largest absolute Gasteiger partial charge is 0.349 e. The molecule has 1 atom stereocenters. The van der Waals surface area contributed by atoms with Crippen LogP contribution in [0.25, 0.3) is 10.6 Å². The maximum Gasteiger partial charge on any atom is 0.263 e. The van der Waals surface area contributed by atoms with Crippen molar-refractivity contribution in [2.24, 2.45) is 7.05 Å². The van der Waals surface area contributed by atoms with E-state index in [-0.39, 0.29) is 17.8 Å². The van der Waals surface area contributed by atoms with Crippen molar-refractivity contribution in [3.63, 3.8) is 0 Å². The summed E-state index contributed by atoms with van der Waals surface area (Å²) < 4.78 is 15.4. The van der Waals surface area contributed by atoms with E-state index in [0.29, 0.717) is 16.9 Å². The maximum absolute atomic E-state index is 13.7. The third kappa shape index (κ3) is 3.68. The Morgan fingerprint density at radius 2 is 2.17 bits per heavy atom. The van der Waals surface area contributed by atoms with Gasteiger partial charge in [-0.25, -0.2) is 9.37 Å². The van der Waals surface area contributed by atoms with E-state index in [1.165, 1.54) is 17.4 Å². The van der Waals surface area contributed by atoms with Crippen LogP contribution in [-0.4, -0.2) is 26.7 Å². The highest BCUT2D eigenvalue weighted by Gasteiger charge is 2.16. The molecule has 2 heterocycles.